The van der Waals surface area contributed by atoms with Crippen LogP contribution in [0, 0.1) is 11.6 Å². The predicted octanol–water partition coefficient (Wildman–Crippen LogP) is 1.62. The molecule has 4 nitrogen and oxygen atoms in total. The summed E-state index contributed by atoms with van der Waals surface area (Å²) in [6.45, 7) is 3.39. The maximum absolute atomic E-state index is 13.4. The Hall–Kier alpha value is -1.21. The first kappa shape index (κ1) is 13.9. The number of nitrogens with two attached hydrogens (primary N) is 1. The number of halogens is 2. The zero-order chi connectivity index (χ0) is 13.2. The summed E-state index contributed by atoms with van der Waals surface area (Å²) in [5.41, 5.74) is 5.14. The third-order valence-corrected chi connectivity index (χ3v) is 3.86. The van der Waals surface area contributed by atoms with Gasteiger partial charge in [-0.25, -0.2) is 21.9 Å². The summed E-state index contributed by atoms with van der Waals surface area (Å²) in [6, 6.07) is 1.25. The van der Waals surface area contributed by atoms with Crippen molar-refractivity contribution < 1.29 is 17.2 Å². The Kier molecular flexibility index (Phi) is 4.05. The van der Waals surface area contributed by atoms with E-state index in [9.17, 15) is 17.2 Å². The van der Waals surface area contributed by atoms with Crippen LogP contribution in [0.15, 0.2) is 17.0 Å². The van der Waals surface area contributed by atoms with Crippen molar-refractivity contribution in [1.82, 2.24) is 4.72 Å². The fourth-order valence-electron chi connectivity index (χ4n) is 1.19. The third kappa shape index (κ3) is 3.13. The van der Waals surface area contributed by atoms with E-state index in [1.807, 2.05) is 0 Å². The average molecular weight is 264 g/mol. The molecule has 3 N–H and O–H groups in total. The zero-order valence-electron chi connectivity index (χ0n) is 9.50. The number of benzene rings is 1. The van der Waals surface area contributed by atoms with Crippen molar-refractivity contribution >= 4 is 15.7 Å². The molecule has 0 heterocycles. The van der Waals surface area contributed by atoms with Gasteiger partial charge in [-0.2, -0.15) is 0 Å². The molecule has 0 aliphatic carbocycles. The Morgan fingerprint density at radius 1 is 1.41 bits per heavy atom. The first-order valence-electron chi connectivity index (χ1n) is 5.04. The number of hydrogen-bond donors (Lipinski definition) is 2. The van der Waals surface area contributed by atoms with Crippen LogP contribution < -0.4 is 10.5 Å². The highest BCUT2D eigenvalue weighted by Crippen LogP contribution is 2.21. The van der Waals surface area contributed by atoms with Crippen LogP contribution in [-0.4, -0.2) is 14.5 Å². The lowest BCUT2D eigenvalue weighted by atomic mass is 10.3. The van der Waals surface area contributed by atoms with Crippen LogP contribution in [0.5, 0.6) is 0 Å². The van der Waals surface area contributed by atoms with E-state index >= 15 is 0 Å². The van der Waals surface area contributed by atoms with Gasteiger partial charge in [0.15, 0.2) is 11.6 Å². The molecular formula is C10H14F2N2O2S. The Morgan fingerprint density at radius 2 is 2.00 bits per heavy atom. The minimum absolute atomic E-state index is 0.145. The van der Waals surface area contributed by atoms with E-state index in [4.69, 9.17) is 5.73 Å². The molecule has 1 aromatic carbocycles. The van der Waals surface area contributed by atoms with Crippen molar-refractivity contribution in [2.75, 3.05) is 5.73 Å². The normalized spacial score (nSPS) is 13.6. The molecule has 0 aliphatic heterocycles. The summed E-state index contributed by atoms with van der Waals surface area (Å²) >= 11 is 0. The van der Waals surface area contributed by atoms with E-state index in [1.165, 1.54) is 0 Å². The summed E-state index contributed by atoms with van der Waals surface area (Å²) in [6.07, 6.45) is 0.533. The van der Waals surface area contributed by atoms with E-state index < -0.39 is 26.6 Å². The summed E-state index contributed by atoms with van der Waals surface area (Å²) in [5, 5.41) is 0. The SMILES string of the molecule is CCC(C)NS(=O)(=O)c1cc(N)cc(F)c1F. The first-order valence-corrected chi connectivity index (χ1v) is 6.53. The van der Waals surface area contributed by atoms with Crippen molar-refractivity contribution in [1.29, 1.82) is 0 Å². The molecule has 1 atom stereocenters. The number of hydrogen-bond acceptors (Lipinski definition) is 3. The quantitative estimate of drug-likeness (QED) is 0.812. The molecule has 0 bridgehead atoms. The number of anilines is 1. The number of sulfonamides is 1. The van der Waals surface area contributed by atoms with Crippen LogP contribution in [-0.2, 0) is 10.0 Å². The monoisotopic (exact) mass is 264 g/mol. The molecule has 0 radical (unpaired) electrons. The van der Waals surface area contributed by atoms with Gasteiger partial charge < -0.3 is 5.73 Å². The fourth-order valence-corrected chi connectivity index (χ4v) is 2.64. The lowest BCUT2D eigenvalue weighted by Crippen LogP contribution is -2.32. The maximum Gasteiger partial charge on any atom is 0.243 e. The van der Waals surface area contributed by atoms with Gasteiger partial charge in [0.25, 0.3) is 0 Å². The molecule has 7 heteroatoms. The van der Waals surface area contributed by atoms with Gasteiger partial charge in [0, 0.05) is 11.7 Å². The van der Waals surface area contributed by atoms with Gasteiger partial charge in [0.2, 0.25) is 10.0 Å². The molecule has 0 saturated carbocycles. The lowest BCUT2D eigenvalue weighted by Gasteiger charge is -2.13. The van der Waals surface area contributed by atoms with Crippen LogP contribution in [0.4, 0.5) is 14.5 Å². The Bertz CT molecular complexity index is 517. The maximum atomic E-state index is 13.4. The minimum Gasteiger partial charge on any atom is -0.399 e. The minimum atomic E-state index is -4.09. The van der Waals surface area contributed by atoms with Crippen LogP contribution in [0.25, 0.3) is 0 Å². The standard InChI is InChI=1S/C10H14F2N2O2S/c1-3-6(2)14-17(15,16)9-5-7(13)4-8(11)10(9)12/h4-6,14H,3,13H2,1-2H3. The van der Waals surface area contributed by atoms with E-state index in [0.29, 0.717) is 6.42 Å². The van der Waals surface area contributed by atoms with Crippen molar-refractivity contribution in [3.05, 3.63) is 23.8 Å². The molecule has 0 aromatic heterocycles. The first-order chi connectivity index (χ1) is 7.77. The molecule has 1 aromatic rings. The number of rotatable bonds is 4. The highest BCUT2D eigenvalue weighted by atomic mass is 32.2. The summed E-state index contributed by atoms with van der Waals surface area (Å²) in [7, 11) is -4.09. The molecule has 0 spiro atoms. The fraction of sp³-hybridized carbons (Fsp3) is 0.400. The van der Waals surface area contributed by atoms with Gasteiger partial charge in [0.05, 0.1) is 0 Å². The van der Waals surface area contributed by atoms with Gasteiger partial charge in [-0.15, -0.1) is 0 Å². The molecule has 0 fully saturated rings. The topological polar surface area (TPSA) is 72.2 Å². The van der Waals surface area contributed by atoms with E-state index in [0.717, 1.165) is 12.1 Å². The van der Waals surface area contributed by atoms with E-state index in [1.54, 1.807) is 13.8 Å². The highest BCUT2D eigenvalue weighted by Gasteiger charge is 2.23. The molecule has 17 heavy (non-hydrogen) atoms. The molecule has 96 valence electrons. The second-order valence-electron chi connectivity index (χ2n) is 3.75. The summed E-state index contributed by atoms with van der Waals surface area (Å²) in [5.74, 6) is -2.70. The molecule has 1 unspecified atom stereocenters. The second-order valence-corrected chi connectivity index (χ2v) is 5.43. The molecular weight excluding hydrogens is 250 g/mol. The summed E-state index contributed by atoms with van der Waals surface area (Å²) < 4.78 is 52.2. The third-order valence-electron chi connectivity index (χ3n) is 2.28. The number of nitrogen functional groups attached to an aromatic ring is 1. The molecule has 0 amide bonds. The van der Waals surface area contributed by atoms with Gasteiger partial charge >= 0.3 is 0 Å². The van der Waals surface area contributed by atoms with E-state index in [2.05, 4.69) is 4.72 Å². The van der Waals surface area contributed by atoms with Crippen LogP contribution in [0.1, 0.15) is 20.3 Å². The zero-order valence-corrected chi connectivity index (χ0v) is 10.3. The number of nitrogens with one attached hydrogen (secondary N) is 1. The molecule has 0 saturated heterocycles. The van der Waals surface area contributed by atoms with Crippen LogP contribution in [0.2, 0.25) is 0 Å². The molecule has 0 aliphatic rings. The predicted molar refractivity (Wildman–Crippen MR) is 60.8 cm³/mol. The van der Waals surface area contributed by atoms with Crippen LogP contribution >= 0.6 is 0 Å². The van der Waals surface area contributed by atoms with E-state index in [-0.39, 0.29) is 11.7 Å². The van der Waals surface area contributed by atoms with Gasteiger partial charge in [0.1, 0.15) is 4.90 Å². The molecule has 1 rings (SSSR count). The van der Waals surface area contributed by atoms with Crippen molar-refractivity contribution in [2.24, 2.45) is 0 Å². The summed E-state index contributed by atoms with van der Waals surface area (Å²) in [4.78, 5) is -0.768. The Labute approximate surface area is 98.9 Å². The van der Waals surface area contributed by atoms with Gasteiger partial charge in [-0.1, -0.05) is 6.92 Å². The van der Waals surface area contributed by atoms with Gasteiger partial charge in [-0.05, 0) is 25.5 Å². The van der Waals surface area contributed by atoms with Crippen molar-refractivity contribution in [3.63, 3.8) is 0 Å². The van der Waals surface area contributed by atoms with Crippen molar-refractivity contribution in [2.45, 2.75) is 31.2 Å². The second kappa shape index (κ2) is 4.97. The largest absolute Gasteiger partial charge is 0.399 e. The lowest BCUT2D eigenvalue weighted by molar-refractivity contribution is 0.481. The average Bonchev–Trinajstić information content (AvgIpc) is 2.22. The van der Waals surface area contributed by atoms with Crippen molar-refractivity contribution in [3.8, 4) is 0 Å². The van der Waals surface area contributed by atoms with Crippen LogP contribution in [0.3, 0.4) is 0 Å². The van der Waals surface area contributed by atoms with Gasteiger partial charge in [-0.3, -0.25) is 0 Å². The Balaban J connectivity index is 3.24. The Morgan fingerprint density at radius 3 is 2.53 bits per heavy atom. The smallest absolute Gasteiger partial charge is 0.243 e. The highest BCUT2D eigenvalue weighted by molar-refractivity contribution is 7.89.